The number of hydrogen-bond acceptors (Lipinski definition) is 5. The minimum absolute atomic E-state index is 0.290. The highest BCUT2D eigenvalue weighted by molar-refractivity contribution is 7.98. The van der Waals surface area contributed by atoms with E-state index in [1.165, 1.54) is 11.8 Å². The molecule has 5 nitrogen and oxygen atoms in total. The Morgan fingerprint density at radius 2 is 2.25 bits per heavy atom. The molecule has 1 aromatic carbocycles. The van der Waals surface area contributed by atoms with Crippen molar-refractivity contribution in [2.45, 2.75) is 23.8 Å². The SMILES string of the molecule is CSc1ccccc1NC(=O)COC(=O)[C@H]1CCCO1. The number of esters is 1. The molecule has 1 fully saturated rings. The van der Waals surface area contributed by atoms with E-state index in [1.807, 2.05) is 30.5 Å². The van der Waals surface area contributed by atoms with Gasteiger partial charge in [0.25, 0.3) is 5.91 Å². The number of amides is 1. The van der Waals surface area contributed by atoms with Gasteiger partial charge in [-0.2, -0.15) is 0 Å². The fourth-order valence-electron chi connectivity index (χ4n) is 1.93. The second kappa shape index (κ2) is 7.31. The first-order valence-corrected chi connectivity index (χ1v) is 7.64. The number of anilines is 1. The van der Waals surface area contributed by atoms with Crippen LogP contribution < -0.4 is 5.32 Å². The largest absolute Gasteiger partial charge is 0.454 e. The van der Waals surface area contributed by atoms with Gasteiger partial charge in [0, 0.05) is 11.5 Å². The average molecular weight is 295 g/mol. The molecule has 108 valence electrons. The maximum Gasteiger partial charge on any atom is 0.335 e. The molecular formula is C14H17NO4S. The molecule has 0 aromatic heterocycles. The van der Waals surface area contributed by atoms with Crippen molar-refractivity contribution in [2.24, 2.45) is 0 Å². The predicted molar refractivity (Wildman–Crippen MR) is 76.8 cm³/mol. The third-order valence-electron chi connectivity index (χ3n) is 2.92. The smallest absolute Gasteiger partial charge is 0.335 e. The Balaban J connectivity index is 1.81. The summed E-state index contributed by atoms with van der Waals surface area (Å²) in [5, 5.41) is 2.73. The van der Waals surface area contributed by atoms with E-state index < -0.39 is 12.1 Å². The van der Waals surface area contributed by atoms with E-state index in [0.717, 1.165) is 17.0 Å². The first-order valence-electron chi connectivity index (χ1n) is 6.42. The van der Waals surface area contributed by atoms with Gasteiger partial charge in [0.05, 0.1) is 5.69 Å². The van der Waals surface area contributed by atoms with E-state index in [9.17, 15) is 9.59 Å². The minimum Gasteiger partial charge on any atom is -0.454 e. The summed E-state index contributed by atoms with van der Waals surface area (Å²) in [7, 11) is 0. The summed E-state index contributed by atoms with van der Waals surface area (Å²) < 4.78 is 10.1. The highest BCUT2D eigenvalue weighted by Crippen LogP contribution is 2.24. The summed E-state index contributed by atoms with van der Waals surface area (Å²) in [6.07, 6.45) is 2.94. The number of rotatable bonds is 5. The Kier molecular flexibility index (Phi) is 5.43. The molecule has 1 amide bonds. The second-order valence-electron chi connectivity index (χ2n) is 4.36. The standard InChI is InChI=1S/C14H17NO4S/c1-20-12-7-3-2-5-10(12)15-13(16)9-19-14(17)11-6-4-8-18-11/h2-3,5,7,11H,4,6,8-9H2,1H3,(H,15,16)/t11-/m1/s1. The van der Waals surface area contributed by atoms with Crippen LogP contribution in [0.2, 0.25) is 0 Å². The molecule has 0 spiro atoms. The highest BCUT2D eigenvalue weighted by atomic mass is 32.2. The van der Waals surface area contributed by atoms with E-state index in [2.05, 4.69) is 5.32 Å². The van der Waals surface area contributed by atoms with Gasteiger partial charge in [-0.3, -0.25) is 4.79 Å². The molecule has 1 aliphatic heterocycles. The van der Waals surface area contributed by atoms with Crippen LogP contribution in [-0.2, 0) is 19.1 Å². The van der Waals surface area contributed by atoms with Crippen LogP contribution in [0.1, 0.15) is 12.8 Å². The number of nitrogens with one attached hydrogen (secondary N) is 1. The van der Waals surface area contributed by atoms with Crippen LogP contribution >= 0.6 is 11.8 Å². The van der Waals surface area contributed by atoms with Gasteiger partial charge in [-0.15, -0.1) is 11.8 Å². The van der Waals surface area contributed by atoms with Crippen LogP contribution in [0.3, 0.4) is 0 Å². The van der Waals surface area contributed by atoms with Crippen LogP contribution in [0.15, 0.2) is 29.2 Å². The Bertz CT molecular complexity index is 486. The molecule has 1 atom stereocenters. The van der Waals surface area contributed by atoms with Gasteiger partial charge < -0.3 is 14.8 Å². The highest BCUT2D eigenvalue weighted by Gasteiger charge is 2.25. The van der Waals surface area contributed by atoms with E-state index in [1.54, 1.807) is 0 Å². The maximum atomic E-state index is 11.8. The summed E-state index contributed by atoms with van der Waals surface area (Å²) in [6, 6.07) is 7.47. The Labute approximate surface area is 122 Å². The molecule has 0 radical (unpaired) electrons. The maximum absolute atomic E-state index is 11.8. The summed E-state index contributed by atoms with van der Waals surface area (Å²) in [5.41, 5.74) is 0.721. The average Bonchev–Trinajstić information content (AvgIpc) is 2.99. The first kappa shape index (κ1) is 14.9. The monoisotopic (exact) mass is 295 g/mol. The minimum atomic E-state index is -0.513. The van der Waals surface area contributed by atoms with Crippen molar-refractivity contribution in [3.8, 4) is 0 Å². The van der Waals surface area contributed by atoms with Crippen LogP contribution in [0.25, 0.3) is 0 Å². The van der Waals surface area contributed by atoms with Crippen LogP contribution in [-0.4, -0.2) is 37.4 Å². The zero-order valence-electron chi connectivity index (χ0n) is 11.3. The first-order chi connectivity index (χ1) is 9.70. The quantitative estimate of drug-likeness (QED) is 0.665. The predicted octanol–water partition coefficient (Wildman–Crippen LogP) is 2.07. The summed E-state index contributed by atoms with van der Waals surface area (Å²) in [6.45, 7) is 0.286. The number of hydrogen-bond donors (Lipinski definition) is 1. The topological polar surface area (TPSA) is 64.6 Å². The van der Waals surface area contributed by atoms with E-state index >= 15 is 0 Å². The molecule has 2 rings (SSSR count). The molecule has 20 heavy (non-hydrogen) atoms. The molecule has 1 N–H and O–H groups in total. The van der Waals surface area contributed by atoms with Crippen molar-refractivity contribution >= 4 is 29.3 Å². The zero-order chi connectivity index (χ0) is 14.4. The molecule has 1 aromatic rings. The molecule has 1 heterocycles. The lowest BCUT2D eigenvalue weighted by Crippen LogP contribution is -2.27. The van der Waals surface area contributed by atoms with Crippen molar-refractivity contribution in [1.82, 2.24) is 0 Å². The van der Waals surface area contributed by atoms with Gasteiger partial charge >= 0.3 is 5.97 Å². The van der Waals surface area contributed by atoms with Gasteiger partial charge in [-0.05, 0) is 31.2 Å². The molecular weight excluding hydrogens is 278 g/mol. The van der Waals surface area contributed by atoms with Crippen molar-refractivity contribution in [3.05, 3.63) is 24.3 Å². The Hall–Kier alpha value is -1.53. The summed E-state index contributed by atoms with van der Waals surface area (Å²) in [4.78, 5) is 24.3. The Morgan fingerprint density at radius 1 is 1.45 bits per heavy atom. The zero-order valence-corrected chi connectivity index (χ0v) is 12.1. The van der Waals surface area contributed by atoms with E-state index in [0.29, 0.717) is 13.0 Å². The molecule has 6 heteroatoms. The third-order valence-corrected chi connectivity index (χ3v) is 3.71. The lowest BCUT2D eigenvalue weighted by atomic mass is 10.2. The lowest BCUT2D eigenvalue weighted by molar-refractivity contribution is -0.156. The lowest BCUT2D eigenvalue weighted by Gasteiger charge is -2.11. The number of carbonyl (C=O) groups excluding carboxylic acids is 2. The van der Waals surface area contributed by atoms with Crippen molar-refractivity contribution in [2.75, 3.05) is 24.8 Å². The van der Waals surface area contributed by atoms with Gasteiger partial charge in [0.15, 0.2) is 12.7 Å². The van der Waals surface area contributed by atoms with Gasteiger partial charge in [0.1, 0.15) is 0 Å². The van der Waals surface area contributed by atoms with Gasteiger partial charge in [0.2, 0.25) is 0 Å². The third kappa shape index (κ3) is 3.98. The van der Waals surface area contributed by atoms with Gasteiger partial charge in [-0.1, -0.05) is 12.1 Å². The number of carbonyl (C=O) groups is 2. The van der Waals surface area contributed by atoms with Crippen LogP contribution in [0.5, 0.6) is 0 Å². The van der Waals surface area contributed by atoms with Crippen molar-refractivity contribution in [1.29, 1.82) is 0 Å². The number of ether oxygens (including phenoxy) is 2. The van der Waals surface area contributed by atoms with Crippen LogP contribution in [0.4, 0.5) is 5.69 Å². The summed E-state index contributed by atoms with van der Waals surface area (Å²) >= 11 is 1.54. The van der Waals surface area contributed by atoms with Gasteiger partial charge in [-0.25, -0.2) is 4.79 Å². The molecule has 0 bridgehead atoms. The van der Waals surface area contributed by atoms with Crippen molar-refractivity contribution < 1.29 is 19.1 Å². The van der Waals surface area contributed by atoms with E-state index in [-0.39, 0.29) is 12.5 Å². The Morgan fingerprint density at radius 3 is 2.95 bits per heavy atom. The van der Waals surface area contributed by atoms with Crippen molar-refractivity contribution in [3.63, 3.8) is 0 Å². The van der Waals surface area contributed by atoms with Crippen LogP contribution in [0, 0.1) is 0 Å². The normalized spacial score (nSPS) is 17.8. The fraction of sp³-hybridized carbons (Fsp3) is 0.429. The molecule has 0 saturated carbocycles. The molecule has 1 saturated heterocycles. The number of benzene rings is 1. The fourth-order valence-corrected chi connectivity index (χ4v) is 2.48. The molecule has 0 aliphatic carbocycles. The molecule has 0 unspecified atom stereocenters. The number of para-hydroxylation sites is 1. The van der Waals surface area contributed by atoms with E-state index in [4.69, 9.17) is 9.47 Å². The molecule has 1 aliphatic rings. The number of thioether (sulfide) groups is 1. The second-order valence-corrected chi connectivity index (χ2v) is 5.21. The summed E-state index contributed by atoms with van der Waals surface area (Å²) in [5.74, 6) is -0.811.